The Kier molecular flexibility index (Phi) is 7.62. The van der Waals surface area contributed by atoms with Crippen molar-refractivity contribution in [2.75, 3.05) is 11.9 Å². The number of ether oxygens (including phenoxy) is 1. The van der Waals surface area contributed by atoms with Crippen molar-refractivity contribution < 1.29 is 9.84 Å². The summed E-state index contributed by atoms with van der Waals surface area (Å²) in [7, 11) is -1.15. The molecule has 0 bridgehead atoms. The summed E-state index contributed by atoms with van der Waals surface area (Å²) in [5.41, 5.74) is 3.94. The maximum atomic E-state index is 9.71. The lowest BCUT2D eigenvalue weighted by molar-refractivity contribution is 0.0903. The first kappa shape index (κ1) is 26.8. The minimum atomic E-state index is -1.15. The average Bonchev–Trinajstić information content (AvgIpc) is 3.12. The van der Waals surface area contributed by atoms with Gasteiger partial charge in [0.05, 0.1) is 17.8 Å². The fourth-order valence-electron chi connectivity index (χ4n) is 5.47. The minimum Gasteiger partial charge on any atom is -0.392 e. The lowest BCUT2D eigenvalue weighted by Gasteiger charge is -2.46. The number of piperidine rings is 1. The molecule has 0 unspecified atom stereocenters. The van der Waals surface area contributed by atoms with Crippen LogP contribution in [-0.2, 0) is 18.1 Å². The molecule has 0 amide bonds. The Hall–Kier alpha value is -2.26. The highest BCUT2D eigenvalue weighted by molar-refractivity contribution is 6.76. The van der Waals surface area contributed by atoms with Gasteiger partial charge in [0, 0.05) is 55.1 Å². The largest absolute Gasteiger partial charge is 0.392 e. The molecule has 3 aromatic rings. The normalized spacial score (nSPS) is 18.0. The van der Waals surface area contributed by atoms with Crippen LogP contribution < -0.4 is 10.6 Å². The number of fused-ring (bicyclic) bond motifs is 1. The van der Waals surface area contributed by atoms with E-state index in [9.17, 15) is 5.11 Å². The van der Waals surface area contributed by atoms with E-state index in [-0.39, 0.29) is 17.7 Å². The zero-order valence-corrected chi connectivity index (χ0v) is 24.0. The summed E-state index contributed by atoms with van der Waals surface area (Å²) in [5, 5.41) is 18.1. The van der Waals surface area contributed by atoms with Crippen molar-refractivity contribution in [3.8, 4) is 11.3 Å². The van der Waals surface area contributed by atoms with E-state index in [0.29, 0.717) is 18.7 Å². The summed E-state index contributed by atoms with van der Waals surface area (Å²) in [6, 6.07) is 9.47. The van der Waals surface area contributed by atoms with Crippen molar-refractivity contribution in [2.24, 2.45) is 0 Å². The van der Waals surface area contributed by atoms with Crippen LogP contribution in [0.1, 0.15) is 46.1 Å². The predicted octanol–water partition coefficient (Wildman–Crippen LogP) is 5.62. The number of benzene rings is 1. The van der Waals surface area contributed by atoms with Crippen molar-refractivity contribution in [3.05, 3.63) is 42.2 Å². The first-order valence-corrected chi connectivity index (χ1v) is 16.7. The highest BCUT2D eigenvalue weighted by atomic mass is 28.3. The van der Waals surface area contributed by atoms with Crippen LogP contribution >= 0.6 is 0 Å². The molecule has 0 aliphatic carbocycles. The van der Waals surface area contributed by atoms with Gasteiger partial charge < -0.3 is 25.0 Å². The van der Waals surface area contributed by atoms with E-state index in [1.54, 1.807) is 0 Å². The molecule has 0 atom stereocenters. The summed E-state index contributed by atoms with van der Waals surface area (Å²) in [5.74, 6) is 0.658. The summed E-state index contributed by atoms with van der Waals surface area (Å²) in [6.07, 6.45) is 5.95. The van der Waals surface area contributed by atoms with E-state index < -0.39 is 8.07 Å². The Balaban J connectivity index is 1.60. The monoisotopic (exact) mass is 509 g/mol. The number of aliphatic hydroxyl groups excluding tert-OH is 1. The lowest BCUT2D eigenvalue weighted by Crippen LogP contribution is -2.60. The summed E-state index contributed by atoms with van der Waals surface area (Å²) in [6.45, 7) is 17.3. The zero-order valence-electron chi connectivity index (χ0n) is 23.0. The molecular formula is C28H43N5O2Si. The molecule has 36 heavy (non-hydrogen) atoms. The fraction of sp³-hybridized carbons (Fsp3) is 0.571. The van der Waals surface area contributed by atoms with Crippen LogP contribution in [0.25, 0.3) is 22.2 Å². The van der Waals surface area contributed by atoms with Gasteiger partial charge in [0.25, 0.3) is 0 Å². The molecule has 1 saturated heterocycles. The second-order valence-corrected chi connectivity index (χ2v) is 18.4. The predicted molar refractivity (Wildman–Crippen MR) is 151 cm³/mol. The van der Waals surface area contributed by atoms with Crippen LogP contribution in [0.3, 0.4) is 0 Å². The van der Waals surface area contributed by atoms with Crippen molar-refractivity contribution >= 4 is 24.9 Å². The van der Waals surface area contributed by atoms with Gasteiger partial charge in [-0.05, 0) is 64.3 Å². The summed E-state index contributed by atoms with van der Waals surface area (Å²) in [4.78, 5) is 9.48. The smallest absolute Gasteiger partial charge is 0.223 e. The molecular weight excluding hydrogens is 466 g/mol. The number of nitrogens with one attached hydrogen (secondary N) is 2. The Bertz CT molecular complexity index is 1180. The van der Waals surface area contributed by atoms with Crippen LogP contribution in [0.2, 0.25) is 25.7 Å². The number of hydrogen-bond donors (Lipinski definition) is 3. The molecule has 1 aromatic carbocycles. The van der Waals surface area contributed by atoms with Gasteiger partial charge in [0.1, 0.15) is 6.73 Å². The minimum absolute atomic E-state index is 0.0114. The van der Waals surface area contributed by atoms with E-state index in [2.05, 4.69) is 79.8 Å². The number of aliphatic hydroxyl groups is 1. The topological polar surface area (TPSA) is 84.2 Å². The molecule has 1 fully saturated rings. The molecule has 1 aliphatic heterocycles. The van der Waals surface area contributed by atoms with Gasteiger partial charge in [-0.3, -0.25) is 0 Å². The molecule has 2 aromatic heterocycles. The SMILES string of the molecule is CC1(C)CC(Nc2nccc(-c3cn(COCC[Si](C)(C)C)c4cc(CO)ccc34)n2)CC(C)(C)N1. The molecule has 4 rings (SSSR count). The maximum absolute atomic E-state index is 9.71. The van der Waals surface area contributed by atoms with Crippen LogP contribution in [0.5, 0.6) is 0 Å². The zero-order chi connectivity index (χ0) is 26.1. The molecule has 0 spiro atoms. The van der Waals surface area contributed by atoms with E-state index >= 15 is 0 Å². The van der Waals surface area contributed by atoms with Gasteiger partial charge in [0.2, 0.25) is 5.95 Å². The van der Waals surface area contributed by atoms with Crippen molar-refractivity contribution in [1.82, 2.24) is 19.9 Å². The third-order valence-electron chi connectivity index (χ3n) is 6.81. The number of rotatable bonds is 9. The molecule has 196 valence electrons. The van der Waals surface area contributed by atoms with E-state index in [1.165, 1.54) is 0 Å². The molecule has 0 saturated carbocycles. The van der Waals surface area contributed by atoms with Crippen molar-refractivity contribution in [3.63, 3.8) is 0 Å². The number of nitrogens with zero attached hydrogens (tertiary/aromatic N) is 3. The Labute approximate surface area is 216 Å². The highest BCUT2D eigenvalue weighted by Gasteiger charge is 2.37. The number of hydrogen-bond acceptors (Lipinski definition) is 6. The van der Waals surface area contributed by atoms with Crippen LogP contribution in [0.15, 0.2) is 36.7 Å². The number of anilines is 1. The molecule has 3 heterocycles. The van der Waals surface area contributed by atoms with E-state index in [4.69, 9.17) is 9.72 Å². The molecule has 3 N–H and O–H groups in total. The standard InChI is InChI=1S/C28H43N5O2Si/c1-27(2)15-21(16-28(3,4)32-27)30-26-29-11-10-24(31-26)23-17-33(19-35-12-13-36(5,6)7)25-14-20(18-34)8-9-22(23)25/h8-11,14,17,21,32,34H,12-13,15-16,18-19H2,1-7H3,(H,29,30,31). The lowest BCUT2D eigenvalue weighted by atomic mass is 9.80. The van der Waals surface area contributed by atoms with Crippen LogP contribution in [-0.4, -0.2) is 51.4 Å². The second-order valence-electron chi connectivity index (χ2n) is 12.8. The number of aromatic nitrogens is 3. The van der Waals surface area contributed by atoms with Gasteiger partial charge in [-0.2, -0.15) is 0 Å². The van der Waals surface area contributed by atoms with Gasteiger partial charge in [-0.1, -0.05) is 31.8 Å². The van der Waals surface area contributed by atoms with Gasteiger partial charge in [-0.25, -0.2) is 9.97 Å². The Morgan fingerprint density at radius 1 is 1.14 bits per heavy atom. The van der Waals surface area contributed by atoms with Crippen molar-refractivity contribution in [2.45, 2.75) is 96.7 Å². The van der Waals surface area contributed by atoms with E-state index in [1.807, 2.05) is 24.4 Å². The average molecular weight is 510 g/mol. The fourth-order valence-corrected chi connectivity index (χ4v) is 6.23. The summed E-state index contributed by atoms with van der Waals surface area (Å²) < 4.78 is 8.20. The quantitative estimate of drug-likeness (QED) is 0.256. The summed E-state index contributed by atoms with van der Waals surface area (Å²) >= 11 is 0. The second kappa shape index (κ2) is 10.2. The Morgan fingerprint density at radius 2 is 1.86 bits per heavy atom. The van der Waals surface area contributed by atoms with Crippen LogP contribution in [0, 0.1) is 0 Å². The molecule has 0 radical (unpaired) electrons. The third kappa shape index (κ3) is 6.73. The van der Waals surface area contributed by atoms with Crippen LogP contribution in [0.4, 0.5) is 5.95 Å². The first-order valence-electron chi connectivity index (χ1n) is 13.0. The Morgan fingerprint density at radius 3 is 2.53 bits per heavy atom. The molecule has 1 aliphatic rings. The van der Waals surface area contributed by atoms with E-state index in [0.717, 1.165) is 53.2 Å². The van der Waals surface area contributed by atoms with Gasteiger partial charge in [0.15, 0.2) is 0 Å². The molecule has 8 heteroatoms. The first-order chi connectivity index (χ1) is 16.8. The van der Waals surface area contributed by atoms with Gasteiger partial charge in [-0.15, -0.1) is 0 Å². The molecule has 7 nitrogen and oxygen atoms in total. The maximum Gasteiger partial charge on any atom is 0.223 e. The highest BCUT2D eigenvalue weighted by Crippen LogP contribution is 2.33. The third-order valence-corrected chi connectivity index (χ3v) is 8.52. The van der Waals surface area contributed by atoms with Crippen molar-refractivity contribution in [1.29, 1.82) is 0 Å². The van der Waals surface area contributed by atoms with Gasteiger partial charge >= 0.3 is 0 Å².